The van der Waals surface area contributed by atoms with Crippen molar-refractivity contribution in [3.63, 3.8) is 0 Å². The summed E-state index contributed by atoms with van der Waals surface area (Å²) in [6, 6.07) is 4.57. The standard InChI is InChI=1S/C11H14BrFOS/c12-9-6-10(13)8-11(7-9)14-4-2-1-3-5-15/h6-8,15H,1-5H2. The van der Waals surface area contributed by atoms with Crippen LogP contribution in [0.2, 0.25) is 0 Å². The van der Waals surface area contributed by atoms with Crippen molar-refractivity contribution < 1.29 is 9.13 Å². The first kappa shape index (κ1) is 12.8. The second kappa shape index (κ2) is 7.12. The van der Waals surface area contributed by atoms with Crippen molar-refractivity contribution >= 4 is 28.6 Å². The topological polar surface area (TPSA) is 9.23 Å². The first-order valence-corrected chi connectivity index (χ1v) is 6.34. The molecular weight excluding hydrogens is 279 g/mol. The number of hydrogen-bond acceptors (Lipinski definition) is 2. The Kier molecular flexibility index (Phi) is 6.10. The Bertz CT molecular complexity index is 286. The van der Waals surface area contributed by atoms with Gasteiger partial charge in [0.05, 0.1) is 6.61 Å². The molecule has 1 aromatic carbocycles. The van der Waals surface area contributed by atoms with Crippen LogP contribution in [0.25, 0.3) is 0 Å². The quantitative estimate of drug-likeness (QED) is 0.614. The van der Waals surface area contributed by atoms with Crippen LogP contribution in [0, 0.1) is 5.82 Å². The fourth-order valence-corrected chi connectivity index (χ4v) is 1.86. The Labute approximate surface area is 104 Å². The van der Waals surface area contributed by atoms with Crippen molar-refractivity contribution in [3.05, 3.63) is 28.5 Å². The fraction of sp³-hybridized carbons (Fsp3) is 0.455. The zero-order valence-electron chi connectivity index (χ0n) is 8.38. The van der Waals surface area contributed by atoms with Crippen LogP contribution in [0.5, 0.6) is 5.75 Å². The molecule has 0 aliphatic heterocycles. The lowest BCUT2D eigenvalue weighted by Crippen LogP contribution is -1.97. The molecule has 0 atom stereocenters. The first-order valence-electron chi connectivity index (χ1n) is 4.92. The van der Waals surface area contributed by atoms with Crippen molar-refractivity contribution in [3.8, 4) is 5.75 Å². The van der Waals surface area contributed by atoms with Gasteiger partial charge in [-0.3, -0.25) is 0 Å². The highest BCUT2D eigenvalue weighted by molar-refractivity contribution is 9.10. The summed E-state index contributed by atoms with van der Waals surface area (Å²) in [4.78, 5) is 0. The molecule has 0 unspecified atom stereocenters. The van der Waals surface area contributed by atoms with Gasteiger partial charge in [0.1, 0.15) is 11.6 Å². The molecule has 0 spiro atoms. The Morgan fingerprint density at radius 2 is 2.00 bits per heavy atom. The van der Waals surface area contributed by atoms with Crippen LogP contribution < -0.4 is 4.74 Å². The van der Waals surface area contributed by atoms with Crippen molar-refractivity contribution in [1.29, 1.82) is 0 Å². The molecule has 0 amide bonds. The maximum absolute atomic E-state index is 12.9. The van der Waals surface area contributed by atoms with Crippen LogP contribution in [-0.4, -0.2) is 12.4 Å². The van der Waals surface area contributed by atoms with Gasteiger partial charge in [0.15, 0.2) is 0 Å². The summed E-state index contributed by atoms with van der Waals surface area (Å²) in [5.41, 5.74) is 0. The van der Waals surface area contributed by atoms with Gasteiger partial charge in [0, 0.05) is 10.5 Å². The summed E-state index contributed by atoms with van der Waals surface area (Å²) in [6.45, 7) is 0.629. The summed E-state index contributed by atoms with van der Waals surface area (Å²) in [6.07, 6.45) is 3.17. The van der Waals surface area contributed by atoms with Gasteiger partial charge in [0.25, 0.3) is 0 Å². The van der Waals surface area contributed by atoms with E-state index in [-0.39, 0.29) is 5.82 Å². The van der Waals surface area contributed by atoms with E-state index in [1.807, 2.05) is 0 Å². The van der Waals surface area contributed by atoms with Gasteiger partial charge in [-0.2, -0.15) is 12.6 Å². The average molecular weight is 293 g/mol. The Balaban J connectivity index is 2.31. The molecule has 0 aliphatic carbocycles. The van der Waals surface area contributed by atoms with E-state index in [2.05, 4.69) is 28.6 Å². The van der Waals surface area contributed by atoms with E-state index >= 15 is 0 Å². The first-order chi connectivity index (χ1) is 7.22. The van der Waals surface area contributed by atoms with Gasteiger partial charge in [0.2, 0.25) is 0 Å². The molecule has 0 aromatic heterocycles. The zero-order valence-corrected chi connectivity index (χ0v) is 10.9. The van der Waals surface area contributed by atoms with Gasteiger partial charge in [-0.05, 0) is 37.1 Å². The molecule has 1 rings (SSSR count). The number of ether oxygens (including phenoxy) is 1. The van der Waals surface area contributed by atoms with E-state index in [0.717, 1.165) is 25.0 Å². The number of halogens is 2. The highest BCUT2D eigenvalue weighted by atomic mass is 79.9. The smallest absolute Gasteiger partial charge is 0.128 e. The molecule has 0 N–H and O–H groups in total. The lowest BCUT2D eigenvalue weighted by Gasteiger charge is -2.06. The summed E-state index contributed by atoms with van der Waals surface area (Å²) in [5.74, 6) is 1.20. The maximum Gasteiger partial charge on any atom is 0.128 e. The lowest BCUT2D eigenvalue weighted by molar-refractivity contribution is 0.305. The van der Waals surface area contributed by atoms with Crippen LogP contribution in [0.3, 0.4) is 0 Å². The van der Waals surface area contributed by atoms with Crippen LogP contribution in [-0.2, 0) is 0 Å². The molecule has 4 heteroatoms. The van der Waals surface area contributed by atoms with Gasteiger partial charge < -0.3 is 4.74 Å². The van der Waals surface area contributed by atoms with E-state index in [9.17, 15) is 4.39 Å². The number of thiol groups is 1. The monoisotopic (exact) mass is 292 g/mol. The fourth-order valence-electron chi connectivity index (χ4n) is 1.19. The van der Waals surface area contributed by atoms with Gasteiger partial charge >= 0.3 is 0 Å². The second-order valence-electron chi connectivity index (χ2n) is 3.24. The van der Waals surface area contributed by atoms with Gasteiger partial charge in [-0.15, -0.1) is 0 Å². The summed E-state index contributed by atoms with van der Waals surface area (Å²) in [5, 5.41) is 0. The van der Waals surface area contributed by atoms with Crippen molar-refractivity contribution in [2.75, 3.05) is 12.4 Å². The van der Waals surface area contributed by atoms with Crippen molar-refractivity contribution in [1.82, 2.24) is 0 Å². The van der Waals surface area contributed by atoms with E-state index in [1.165, 1.54) is 12.1 Å². The third kappa shape index (κ3) is 5.42. The summed E-state index contributed by atoms with van der Waals surface area (Å²) in [7, 11) is 0. The second-order valence-corrected chi connectivity index (χ2v) is 4.60. The van der Waals surface area contributed by atoms with Gasteiger partial charge in [-0.25, -0.2) is 4.39 Å². The minimum atomic E-state index is -0.283. The molecule has 15 heavy (non-hydrogen) atoms. The molecule has 0 saturated carbocycles. The predicted octanol–water partition coefficient (Wildman–Crippen LogP) is 4.07. The Hall–Kier alpha value is -0.220. The molecule has 84 valence electrons. The number of unbranched alkanes of at least 4 members (excludes halogenated alkanes) is 2. The third-order valence-electron chi connectivity index (χ3n) is 1.91. The maximum atomic E-state index is 12.9. The molecule has 0 bridgehead atoms. The molecule has 0 heterocycles. The summed E-state index contributed by atoms with van der Waals surface area (Å²) >= 11 is 7.34. The number of benzene rings is 1. The number of hydrogen-bond donors (Lipinski definition) is 1. The highest BCUT2D eigenvalue weighted by Gasteiger charge is 1.99. The van der Waals surface area contributed by atoms with E-state index in [0.29, 0.717) is 16.8 Å². The average Bonchev–Trinajstić information content (AvgIpc) is 2.16. The molecule has 1 nitrogen and oxygen atoms in total. The van der Waals surface area contributed by atoms with E-state index in [1.54, 1.807) is 6.07 Å². The SMILES string of the molecule is Fc1cc(Br)cc(OCCCCCS)c1. The van der Waals surface area contributed by atoms with Crippen LogP contribution in [0.1, 0.15) is 19.3 Å². The number of rotatable bonds is 6. The molecule has 0 saturated heterocycles. The summed E-state index contributed by atoms with van der Waals surface area (Å²) < 4.78 is 19.1. The normalized spacial score (nSPS) is 10.3. The van der Waals surface area contributed by atoms with E-state index in [4.69, 9.17) is 4.74 Å². The van der Waals surface area contributed by atoms with Gasteiger partial charge in [-0.1, -0.05) is 15.9 Å². The van der Waals surface area contributed by atoms with Crippen molar-refractivity contribution in [2.45, 2.75) is 19.3 Å². The lowest BCUT2D eigenvalue weighted by atomic mass is 10.2. The van der Waals surface area contributed by atoms with Crippen LogP contribution in [0.15, 0.2) is 22.7 Å². The van der Waals surface area contributed by atoms with Crippen LogP contribution >= 0.6 is 28.6 Å². The molecule has 0 fully saturated rings. The van der Waals surface area contributed by atoms with E-state index < -0.39 is 0 Å². The zero-order chi connectivity index (χ0) is 11.1. The van der Waals surface area contributed by atoms with Crippen LogP contribution in [0.4, 0.5) is 4.39 Å². The third-order valence-corrected chi connectivity index (χ3v) is 2.68. The molecule has 0 radical (unpaired) electrons. The Morgan fingerprint density at radius 1 is 1.20 bits per heavy atom. The molecule has 0 aliphatic rings. The minimum absolute atomic E-state index is 0.283. The predicted molar refractivity (Wildman–Crippen MR) is 67.3 cm³/mol. The largest absolute Gasteiger partial charge is 0.493 e. The molecular formula is C11H14BrFOS. The minimum Gasteiger partial charge on any atom is -0.493 e. The molecule has 1 aromatic rings. The highest BCUT2D eigenvalue weighted by Crippen LogP contribution is 2.20. The Morgan fingerprint density at radius 3 is 2.67 bits per heavy atom. The van der Waals surface area contributed by atoms with Crippen molar-refractivity contribution in [2.24, 2.45) is 0 Å².